The van der Waals surface area contributed by atoms with Gasteiger partial charge in [-0.2, -0.15) is 0 Å². The fourth-order valence-corrected chi connectivity index (χ4v) is 1.67. The van der Waals surface area contributed by atoms with Crippen LogP contribution in [0.2, 0.25) is 0 Å². The molecule has 1 heterocycles. The molecule has 0 N–H and O–H groups in total. The SMILES string of the molecule is Cc1cnc(C(=O)Cc2ccc(Br)cc2)nc1. The highest BCUT2D eigenvalue weighted by atomic mass is 79.9. The third-order valence-corrected chi connectivity index (χ3v) is 2.84. The number of halogens is 1. The highest BCUT2D eigenvalue weighted by Gasteiger charge is 2.09. The highest BCUT2D eigenvalue weighted by molar-refractivity contribution is 9.10. The van der Waals surface area contributed by atoms with Crippen molar-refractivity contribution in [3.8, 4) is 0 Å². The molecule has 0 spiro atoms. The van der Waals surface area contributed by atoms with Gasteiger partial charge < -0.3 is 0 Å². The Morgan fingerprint density at radius 1 is 1.18 bits per heavy atom. The van der Waals surface area contributed by atoms with Crippen molar-refractivity contribution in [1.29, 1.82) is 0 Å². The van der Waals surface area contributed by atoms with Gasteiger partial charge >= 0.3 is 0 Å². The Hall–Kier alpha value is -1.55. The Kier molecular flexibility index (Phi) is 3.64. The molecule has 0 fully saturated rings. The fourth-order valence-electron chi connectivity index (χ4n) is 1.40. The number of ketones is 1. The first-order chi connectivity index (χ1) is 8.15. The molecule has 17 heavy (non-hydrogen) atoms. The van der Waals surface area contributed by atoms with E-state index in [-0.39, 0.29) is 11.6 Å². The molecular formula is C13H11BrN2O. The van der Waals surface area contributed by atoms with Crippen LogP contribution in [0.4, 0.5) is 0 Å². The summed E-state index contributed by atoms with van der Waals surface area (Å²) in [6.45, 7) is 1.89. The second-order valence-corrected chi connectivity index (χ2v) is 4.73. The number of rotatable bonds is 3. The first-order valence-electron chi connectivity index (χ1n) is 5.21. The van der Waals surface area contributed by atoms with Gasteiger partial charge in [0.2, 0.25) is 5.78 Å². The lowest BCUT2D eigenvalue weighted by Crippen LogP contribution is -2.08. The molecular weight excluding hydrogens is 280 g/mol. The number of hydrogen-bond donors (Lipinski definition) is 0. The highest BCUT2D eigenvalue weighted by Crippen LogP contribution is 2.12. The van der Waals surface area contributed by atoms with E-state index < -0.39 is 0 Å². The van der Waals surface area contributed by atoms with Gasteiger partial charge in [-0.15, -0.1) is 0 Å². The summed E-state index contributed by atoms with van der Waals surface area (Å²) in [5.41, 5.74) is 1.91. The van der Waals surface area contributed by atoms with Crippen molar-refractivity contribution in [3.63, 3.8) is 0 Å². The van der Waals surface area contributed by atoms with Gasteiger partial charge in [0.25, 0.3) is 0 Å². The number of hydrogen-bond acceptors (Lipinski definition) is 3. The monoisotopic (exact) mass is 290 g/mol. The molecule has 0 bridgehead atoms. The number of nitrogens with zero attached hydrogens (tertiary/aromatic N) is 2. The summed E-state index contributed by atoms with van der Waals surface area (Å²) in [4.78, 5) is 19.9. The average molecular weight is 291 g/mol. The molecule has 0 saturated heterocycles. The zero-order valence-corrected chi connectivity index (χ0v) is 10.9. The minimum absolute atomic E-state index is 0.0627. The van der Waals surface area contributed by atoms with E-state index in [1.54, 1.807) is 12.4 Å². The number of benzene rings is 1. The molecule has 86 valence electrons. The van der Waals surface area contributed by atoms with E-state index >= 15 is 0 Å². The standard InChI is InChI=1S/C13H11BrN2O/c1-9-7-15-13(16-8-9)12(17)6-10-2-4-11(14)5-3-10/h2-5,7-8H,6H2,1H3. The van der Waals surface area contributed by atoms with E-state index in [1.807, 2.05) is 31.2 Å². The smallest absolute Gasteiger partial charge is 0.204 e. The maximum atomic E-state index is 11.9. The van der Waals surface area contributed by atoms with Gasteiger partial charge in [-0.05, 0) is 30.2 Å². The molecule has 0 aliphatic rings. The number of carbonyl (C=O) groups is 1. The first-order valence-corrected chi connectivity index (χ1v) is 6.01. The summed E-state index contributed by atoms with van der Waals surface area (Å²) in [5, 5.41) is 0. The van der Waals surface area contributed by atoms with E-state index in [1.165, 1.54) is 0 Å². The number of Topliss-reactive ketones (excluding diaryl/α,β-unsaturated/α-hetero) is 1. The summed E-state index contributed by atoms with van der Waals surface area (Å²) in [5.74, 6) is 0.214. The third-order valence-electron chi connectivity index (χ3n) is 2.31. The minimum Gasteiger partial charge on any atom is -0.290 e. The van der Waals surface area contributed by atoms with E-state index in [9.17, 15) is 4.79 Å². The molecule has 2 aromatic rings. The Morgan fingerprint density at radius 3 is 2.35 bits per heavy atom. The van der Waals surface area contributed by atoms with E-state index in [0.29, 0.717) is 6.42 Å². The zero-order chi connectivity index (χ0) is 12.3. The normalized spacial score (nSPS) is 10.2. The second kappa shape index (κ2) is 5.19. The Balaban J connectivity index is 2.11. The Labute approximate surface area is 108 Å². The predicted molar refractivity (Wildman–Crippen MR) is 68.9 cm³/mol. The average Bonchev–Trinajstić information content (AvgIpc) is 2.33. The van der Waals surface area contributed by atoms with Crippen LogP contribution in [0.25, 0.3) is 0 Å². The fraction of sp³-hybridized carbons (Fsp3) is 0.154. The summed E-state index contributed by atoms with van der Waals surface area (Å²) < 4.78 is 1.00. The predicted octanol–water partition coefficient (Wildman–Crippen LogP) is 2.97. The van der Waals surface area contributed by atoms with Crippen LogP contribution in [0.3, 0.4) is 0 Å². The van der Waals surface area contributed by atoms with E-state index in [2.05, 4.69) is 25.9 Å². The second-order valence-electron chi connectivity index (χ2n) is 3.81. The van der Waals surface area contributed by atoms with Crippen molar-refractivity contribution < 1.29 is 4.79 Å². The molecule has 0 amide bonds. The molecule has 0 aliphatic heterocycles. The van der Waals surface area contributed by atoms with Crippen LogP contribution in [-0.2, 0) is 6.42 Å². The third kappa shape index (κ3) is 3.20. The summed E-state index contributed by atoms with van der Waals surface area (Å²) in [6, 6.07) is 7.66. The quantitative estimate of drug-likeness (QED) is 0.816. The van der Waals surface area contributed by atoms with Crippen LogP contribution < -0.4 is 0 Å². The molecule has 0 saturated carbocycles. The summed E-state index contributed by atoms with van der Waals surface area (Å²) in [7, 11) is 0. The largest absolute Gasteiger partial charge is 0.290 e. The zero-order valence-electron chi connectivity index (χ0n) is 9.35. The van der Waals surface area contributed by atoms with Gasteiger partial charge in [0.05, 0.1) is 0 Å². The molecule has 0 aliphatic carbocycles. The van der Waals surface area contributed by atoms with Crippen LogP contribution >= 0.6 is 15.9 Å². The van der Waals surface area contributed by atoms with Crippen LogP contribution in [0.5, 0.6) is 0 Å². The van der Waals surface area contributed by atoms with Crippen molar-refractivity contribution in [2.24, 2.45) is 0 Å². The Bertz CT molecular complexity index is 520. The maximum Gasteiger partial charge on any atom is 0.204 e. The van der Waals surface area contributed by atoms with Crippen LogP contribution in [-0.4, -0.2) is 15.8 Å². The molecule has 2 rings (SSSR count). The lowest BCUT2D eigenvalue weighted by Gasteiger charge is -2.00. The number of aryl methyl sites for hydroxylation is 1. The molecule has 0 unspecified atom stereocenters. The van der Waals surface area contributed by atoms with Gasteiger partial charge in [-0.3, -0.25) is 4.79 Å². The van der Waals surface area contributed by atoms with Gasteiger partial charge in [0.1, 0.15) is 0 Å². The molecule has 3 nitrogen and oxygen atoms in total. The van der Waals surface area contributed by atoms with Crippen LogP contribution in [0.1, 0.15) is 21.7 Å². The van der Waals surface area contributed by atoms with Gasteiger partial charge in [-0.25, -0.2) is 9.97 Å². The number of carbonyl (C=O) groups excluding carboxylic acids is 1. The van der Waals surface area contributed by atoms with Gasteiger partial charge in [0, 0.05) is 23.3 Å². The van der Waals surface area contributed by atoms with Crippen molar-refractivity contribution in [2.45, 2.75) is 13.3 Å². The first kappa shape index (κ1) is 11.9. The summed E-state index contributed by atoms with van der Waals surface area (Å²) >= 11 is 3.35. The molecule has 0 atom stereocenters. The molecule has 1 aromatic heterocycles. The molecule has 0 radical (unpaired) electrons. The van der Waals surface area contributed by atoms with Crippen LogP contribution in [0.15, 0.2) is 41.1 Å². The topological polar surface area (TPSA) is 42.9 Å². The van der Waals surface area contributed by atoms with Crippen molar-refractivity contribution in [2.75, 3.05) is 0 Å². The lowest BCUT2D eigenvalue weighted by molar-refractivity contribution is 0.0983. The van der Waals surface area contributed by atoms with Gasteiger partial charge in [0.15, 0.2) is 5.82 Å². The van der Waals surface area contributed by atoms with Crippen molar-refractivity contribution in [3.05, 3.63) is 58.1 Å². The van der Waals surface area contributed by atoms with Gasteiger partial charge in [-0.1, -0.05) is 28.1 Å². The Morgan fingerprint density at radius 2 is 1.76 bits per heavy atom. The van der Waals surface area contributed by atoms with Crippen molar-refractivity contribution >= 4 is 21.7 Å². The molecule has 4 heteroatoms. The van der Waals surface area contributed by atoms with Crippen LogP contribution in [0, 0.1) is 6.92 Å². The summed E-state index contributed by atoms with van der Waals surface area (Å²) in [6.07, 6.45) is 3.64. The maximum absolute atomic E-state index is 11.9. The minimum atomic E-state index is -0.0627. The van der Waals surface area contributed by atoms with E-state index in [4.69, 9.17) is 0 Å². The number of aromatic nitrogens is 2. The molecule has 1 aromatic carbocycles. The van der Waals surface area contributed by atoms with E-state index in [0.717, 1.165) is 15.6 Å². The van der Waals surface area contributed by atoms with Crippen molar-refractivity contribution in [1.82, 2.24) is 9.97 Å². The lowest BCUT2D eigenvalue weighted by atomic mass is 10.1.